The Labute approximate surface area is 62.2 Å². The fourth-order valence-electron chi connectivity index (χ4n) is 0.975. The third kappa shape index (κ3) is 4.36. The second-order valence-electron chi connectivity index (χ2n) is 2.52. The van der Waals surface area contributed by atoms with Crippen LogP contribution in [0.4, 0.5) is 0 Å². The standard InChI is InChI=1S/C8H15O2/c1-3-5-7(4-2)6-8(9)10/h3,7H,4-6H2,1-2H3,(H,9,10). The molecular weight excluding hydrogens is 128 g/mol. The third-order valence-corrected chi connectivity index (χ3v) is 1.61. The first-order valence-corrected chi connectivity index (χ1v) is 3.70. The van der Waals surface area contributed by atoms with Gasteiger partial charge in [0.1, 0.15) is 0 Å². The second-order valence-corrected chi connectivity index (χ2v) is 2.52. The van der Waals surface area contributed by atoms with E-state index in [9.17, 15) is 4.79 Å². The summed E-state index contributed by atoms with van der Waals surface area (Å²) in [7, 11) is 0. The molecule has 1 unspecified atom stereocenters. The molecule has 1 radical (unpaired) electrons. The number of carboxylic acid groups (broad SMARTS) is 1. The van der Waals surface area contributed by atoms with Crippen LogP contribution in [0.2, 0.25) is 0 Å². The van der Waals surface area contributed by atoms with Crippen molar-refractivity contribution in [1.82, 2.24) is 0 Å². The second kappa shape index (κ2) is 5.27. The Balaban J connectivity index is 3.49. The number of hydrogen-bond donors (Lipinski definition) is 1. The summed E-state index contributed by atoms with van der Waals surface area (Å²) in [6.07, 6.45) is 4.21. The maximum atomic E-state index is 10.2. The molecule has 1 N–H and O–H groups in total. The lowest BCUT2D eigenvalue weighted by Crippen LogP contribution is -2.06. The number of carboxylic acids is 1. The van der Waals surface area contributed by atoms with E-state index in [-0.39, 0.29) is 0 Å². The van der Waals surface area contributed by atoms with E-state index in [1.165, 1.54) is 0 Å². The van der Waals surface area contributed by atoms with Gasteiger partial charge in [0.15, 0.2) is 0 Å². The Morgan fingerprint density at radius 3 is 2.60 bits per heavy atom. The van der Waals surface area contributed by atoms with Crippen LogP contribution in [0.25, 0.3) is 0 Å². The van der Waals surface area contributed by atoms with E-state index in [2.05, 4.69) is 0 Å². The van der Waals surface area contributed by atoms with Gasteiger partial charge in [-0.05, 0) is 18.8 Å². The number of hydrogen-bond acceptors (Lipinski definition) is 1. The molecule has 0 amide bonds. The van der Waals surface area contributed by atoms with Gasteiger partial charge in [0.05, 0.1) is 0 Å². The predicted octanol–water partition coefficient (Wildman–Crippen LogP) is 2.10. The summed E-state index contributed by atoms with van der Waals surface area (Å²) in [5.41, 5.74) is 0. The van der Waals surface area contributed by atoms with Gasteiger partial charge in [-0.3, -0.25) is 4.79 Å². The zero-order valence-electron chi connectivity index (χ0n) is 6.63. The molecule has 0 bridgehead atoms. The maximum absolute atomic E-state index is 10.2. The molecule has 59 valence electrons. The molecule has 0 rings (SSSR count). The largest absolute Gasteiger partial charge is 0.481 e. The SMILES string of the molecule is C[CH]CC(CC)CC(=O)O. The minimum atomic E-state index is -0.686. The molecule has 0 heterocycles. The minimum absolute atomic E-state index is 0.306. The van der Waals surface area contributed by atoms with Crippen LogP contribution in [-0.2, 0) is 4.79 Å². The molecule has 0 aliphatic heterocycles. The van der Waals surface area contributed by atoms with Crippen molar-refractivity contribution in [3.05, 3.63) is 6.42 Å². The van der Waals surface area contributed by atoms with Crippen molar-refractivity contribution in [3.8, 4) is 0 Å². The highest BCUT2D eigenvalue weighted by atomic mass is 16.4. The fourth-order valence-corrected chi connectivity index (χ4v) is 0.975. The first-order chi connectivity index (χ1) is 4.70. The Morgan fingerprint density at radius 1 is 1.70 bits per heavy atom. The number of carbonyl (C=O) groups is 1. The molecule has 0 fully saturated rings. The summed E-state index contributed by atoms with van der Waals surface area (Å²) in [6, 6.07) is 0. The molecule has 0 saturated carbocycles. The van der Waals surface area contributed by atoms with E-state index in [1.807, 2.05) is 20.3 Å². The molecule has 0 saturated heterocycles. The van der Waals surface area contributed by atoms with Gasteiger partial charge in [-0.1, -0.05) is 20.3 Å². The third-order valence-electron chi connectivity index (χ3n) is 1.61. The Hall–Kier alpha value is -0.530. The highest BCUT2D eigenvalue weighted by Gasteiger charge is 2.08. The summed E-state index contributed by atoms with van der Waals surface area (Å²) in [5.74, 6) is -0.351. The average Bonchev–Trinajstić information content (AvgIpc) is 1.86. The van der Waals surface area contributed by atoms with E-state index in [0.29, 0.717) is 12.3 Å². The molecule has 0 aliphatic rings. The van der Waals surface area contributed by atoms with Gasteiger partial charge in [-0.15, -0.1) is 0 Å². The van der Waals surface area contributed by atoms with E-state index >= 15 is 0 Å². The van der Waals surface area contributed by atoms with Gasteiger partial charge in [-0.25, -0.2) is 0 Å². The van der Waals surface area contributed by atoms with Crippen LogP contribution in [0, 0.1) is 12.3 Å². The first kappa shape index (κ1) is 9.47. The molecule has 0 aromatic heterocycles. The van der Waals surface area contributed by atoms with Gasteiger partial charge in [0, 0.05) is 6.42 Å². The monoisotopic (exact) mass is 143 g/mol. The van der Waals surface area contributed by atoms with Crippen molar-refractivity contribution in [3.63, 3.8) is 0 Å². The summed E-state index contributed by atoms with van der Waals surface area (Å²) in [5, 5.41) is 8.43. The lowest BCUT2D eigenvalue weighted by molar-refractivity contribution is -0.138. The van der Waals surface area contributed by atoms with Gasteiger partial charge in [0.25, 0.3) is 0 Å². The molecule has 1 atom stereocenters. The van der Waals surface area contributed by atoms with Crippen LogP contribution in [0.3, 0.4) is 0 Å². The zero-order valence-corrected chi connectivity index (χ0v) is 6.63. The molecule has 0 aliphatic carbocycles. The van der Waals surface area contributed by atoms with E-state index in [0.717, 1.165) is 12.8 Å². The van der Waals surface area contributed by atoms with Crippen LogP contribution in [-0.4, -0.2) is 11.1 Å². The molecule has 0 spiro atoms. The van der Waals surface area contributed by atoms with Gasteiger partial charge < -0.3 is 5.11 Å². The predicted molar refractivity (Wildman–Crippen MR) is 40.6 cm³/mol. The topological polar surface area (TPSA) is 37.3 Å². The lowest BCUT2D eigenvalue weighted by atomic mass is 9.97. The van der Waals surface area contributed by atoms with Crippen LogP contribution >= 0.6 is 0 Å². The van der Waals surface area contributed by atoms with Gasteiger partial charge in [0.2, 0.25) is 0 Å². The van der Waals surface area contributed by atoms with E-state index < -0.39 is 5.97 Å². The number of aliphatic carboxylic acids is 1. The molecule has 0 aromatic carbocycles. The van der Waals surface area contributed by atoms with Crippen molar-refractivity contribution in [2.45, 2.75) is 33.1 Å². The molecule has 10 heavy (non-hydrogen) atoms. The van der Waals surface area contributed by atoms with E-state index in [1.54, 1.807) is 0 Å². The first-order valence-electron chi connectivity index (χ1n) is 3.70. The fraction of sp³-hybridized carbons (Fsp3) is 0.750. The Kier molecular flexibility index (Phi) is 4.99. The summed E-state index contributed by atoms with van der Waals surface area (Å²) in [6.45, 7) is 3.99. The smallest absolute Gasteiger partial charge is 0.303 e. The molecule has 0 aromatic rings. The van der Waals surface area contributed by atoms with Crippen LogP contribution < -0.4 is 0 Å². The average molecular weight is 143 g/mol. The van der Waals surface area contributed by atoms with E-state index in [4.69, 9.17) is 5.11 Å². The van der Waals surface area contributed by atoms with Gasteiger partial charge >= 0.3 is 5.97 Å². The van der Waals surface area contributed by atoms with Gasteiger partial charge in [-0.2, -0.15) is 0 Å². The van der Waals surface area contributed by atoms with Crippen molar-refractivity contribution in [2.24, 2.45) is 5.92 Å². The van der Waals surface area contributed by atoms with Crippen molar-refractivity contribution in [1.29, 1.82) is 0 Å². The maximum Gasteiger partial charge on any atom is 0.303 e. The summed E-state index contributed by atoms with van der Waals surface area (Å²) >= 11 is 0. The molecular formula is C8H15O2. The van der Waals surface area contributed by atoms with Crippen LogP contribution in [0.1, 0.15) is 33.1 Å². The van der Waals surface area contributed by atoms with Crippen molar-refractivity contribution < 1.29 is 9.90 Å². The van der Waals surface area contributed by atoms with Crippen LogP contribution in [0.15, 0.2) is 0 Å². The molecule has 2 nitrogen and oxygen atoms in total. The number of rotatable bonds is 5. The van der Waals surface area contributed by atoms with Crippen molar-refractivity contribution >= 4 is 5.97 Å². The normalized spacial score (nSPS) is 13.0. The Bertz CT molecular complexity index is 99.4. The zero-order chi connectivity index (χ0) is 7.98. The highest BCUT2D eigenvalue weighted by Crippen LogP contribution is 2.13. The summed E-state index contributed by atoms with van der Waals surface area (Å²) in [4.78, 5) is 10.2. The summed E-state index contributed by atoms with van der Waals surface area (Å²) < 4.78 is 0. The minimum Gasteiger partial charge on any atom is -0.481 e. The quantitative estimate of drug-likeness (QED) is 0.640. The lowest BCUT2D eigenvalue weighted by Gasteiger charge is -2.08. The van der Waals surface area contributed by atoms with Crippen LogP contribution in [0.5, 0.6) is 0 Å². The molecule has 2 heteroatoms. The Morgan fingerprint density at radius 2 is 2.30 bits per heavy atom. The highest BCUT2D eigenvalue weighted by molar-refractivity contribution is 5.66. The van der Waals surface area contributed by atoms with Crippen molar-refractivity contribution in [2.75, 3.05) is 0 Å².